The number of carbonyl (C=O) groups is 1. The first kappa shape index (κ1) is 12.5. The molecule has 0 unspecified atom stereocenters. The van der Waals surface area contributed by atoms with Gasteiger partial charge in [0.25, 0.3) is 0 Å². The van der Waals surface area contributed by atoms with E-state index in [0.29, 0.717) is 0 Å². The van der Waals surface area contributed by atoms with Crippen LogP contribution >= 0.6 is 27.3 Å². The van der Waals surface area contributed by atoms with Crippen LogP contribution in [0.15, 0.2) is 34.1 Å². The summed E-state index contributed by atoms with van der Waals surface area (Å²) in [5.74, 6) is 0.103. The van der Waals surface area contributed by atoms with E-state index in [4.69, 9.17) is 0 Å². The molecule has 0 aliphatic rings. The zero-order chi connectivity index (χ0) is 12.4. The fourth-order valence-corrected chi connectivity index (χ4v) is 3.10. The molecule has 0 aliphatic heterocycles. The van der Waals surface area contributed by atoms with Crippen LogP contribution in [-0.4, -0.2) is 5.78 Å². The summed E-state index contributed by atoms with van der Waals surface area (Å²) in [6.45, 7) is 4.11. The molecule has 88 valence electrons. The summed E-state index contributed by atoms with van der Waals surface area (Å²) in [4.78, 5) is 13.0. The second-order valence-electron chi connectivity index (χ2n) is 3.95. The number of ketones is 1. The van der Waals surface area contributed by atoms with Crippen LogP contribution in [0, 0.1) is 6.92 Å². The third-order valence-electron chi connectivity index (χ3n) is 2.71. The van der Waals surface area contributed by atoms with Gasteiger partial charge in [-0.2, -0.15) is 0 Å². The van der Waals surface area contributed by atoms with Crippen LogP contribution in [-0.2, 0) is 6.42 Å². The van der Waals surface area contributed by atoms with Gasteiger partial charge in [0.1, 0.15) is 0 Å². The lowest BCUT2D eigenvalue weighted by atomic mass is 10.1. The van der Waals surface area contributed by atoms with Crippen molar-refractivity contribution in [2.45, 2.75) is 20.3 Å². The van der Waals surface area contributed by atoms with Crippen LogP contribution in [0.25, 0.3) is 0 Å². The van der Waals surface area contributed by atoms with Crippen LogP contribution in [0.3, 0.4) is 0 Å². The summed E-state index contributed by atoms with van der Waals surface area (Å²) in [6, 6.07) is 9.78. The lowest BCUT2D eigenvalue weighted by molar-refractivity contribution is 0.104. The highest BCUT2D eigenvalue weighted by Crippen LogP contribution is 2.29. The molecule has 0 aliphatic carbocycles. The molecule has 0 fully saturated rings. The predicted octanol–water partition coefficient (Wildman–Crippen LogP) is 4.61. The van der Waals surface area contributed by atoms with E-state index >= 15 is 0 Å². The Hall–Kier alpha value is -0.930. The first-order valence-electron chi connectivity index (χ1n) is 5.51. The van der Waals surface area contributed by atoms with E-state index in [0.717, 1.165) is 26.2 Å². The maximum atomic E-state index is 12.2. The van der Waals surface area contributed by atoms with Gasteiger partial charge in [0, 0.05) is 5.56 Å². The molecule has 0 N–H and O–H groups in total. The monoisotopic (exact) mass is 308 g/mol. The van der Waals surface area contributed by atoms with Crippen LogP contribution in [0.2, 0.25) is 0 Å². The van der Waals surface area contributed by atoms with Crippen molar-refractivity contribution in [1.29, 1.82) is 0 Å². The van der Waals surface area contributed by atoms with Crippen LogP contribution in [0.1, 0.15) is 33.3 Å². The first-order chi connectivity index (χ1) is 8.11. The number of hydrogen-bond donors (Lipinski definition) is 0. The SMILES string of the molecule is CCc1ccc(C(=O)c2cc(C)c(Br)s2)cc1. The summed E-state index contributed by atoms with van der Waals surface area (Å²) in [6.07, 6.45) is 0.998. The highest BCUT2D eigenvalue weighted by atomic mass is 79.9. The molecule has 0 spiro atoms. The van der Waals surface area contributed by atoms with Gasteiger partial charge in [0.2, 0.25) is 5.78 Å². The zero-order valence-corrected chi connectivity index (χ0v) is 12.2. The lowest BCUT2D eigenvalue weighted by Crippen LogP contribution is -1.98. The largest absolute Gasteiger partial charge is 0.288 e. The van der Waals surface area contributed by atoms with Gasteiger partial charge in [-0.25, -0.2) is 0 Å². The van der Waals surface area contributed by atoms with E-state index in [-0.39, 0.29) is 5.78 Å². The van der Waals surface area contributed by atoms with Gasteiger partial charge < -0.3 is 0 Å². The fraction of sp³-hybridized carbons (Fsp3) is 0.214. The van der Waals surface area contributed by atoms with Crippen LogP contribution in [0.5, 0.6) is 0 Å². The van der Waals surface area contributed by atoms with E-state index in [2.05, 4.69) is 22.9 Å². The third kappa shape index (κ3) is 2.67. The van der Waals surface area contributed by atoms with Gasteiger partial charge in [-0.3, -0.25) is 4.79 Å². The molecule has 1 nitrogen and oxygen atoms in total. The maximum absolute atomic E-state index is 12.2. The minimum Gasteiger partial charge on any atom is -0.288 e. The average Bonchev–Trinajstić information content (AvgIpc) is 2.69. The van der Waals surface area contributed by atoms with E-state index < -0.39 is 0 Å². The normalized spacial score (nSPS) is 10.5. The molecule has 2 rings (SSSR count). The summed E-state index contributed by atoms with van der Waals surface area (Å²) >= 11 is 4.94. The molecule has 3 heteroatoms. The fourth-order valence-electron chi connectivity index (χ4n) is 1.61. The summed E-state index contributed by atoms with van der Waals surface area (Å²) in [7, 11) is 0. The molecular formula is C14H13BrOS. The van der Waals surface area contributed by atoms with Crippen LogP contribution < -0.4 is 0 Å². The minimum atomic E-state index is 0.103. The summed E-state index contributed by atoms with van der Waals surface area (Å²) in [5.41, 5.74) is 3.13. The number of carbonyl (C=O) groups excluding carboxylic acids is 1. The van der Waals surface area contributed by atoms with Gasteiger partial charge in [-0.05, 0) is 46.5 Å². The molecule has 1 heterocycles. The zero-order valence-electron chi connectivity index (χ0n) is 9.79. The van der Waals surface area contributed by atoms with E-state index in [1.807, 2.05) is 37.3 Å². The summed E-state index contributed by atoms with van der Waals surface area (Å²) in [5, 5.41) is 0. The lowest BCUT2D eigenvalue weighted by Gasteiger charge is -2.00. The second kappa shape index (κ2) is 5.15. The predicted molar refractivity (Wildman–Crippen MR) is 76.0 cm³/mol. The molecule has 0 amide bonds. The Morgan fingerprint density at radius 3 is 2.41 bits per heavy atom. The topological polar surface area (TPSA) is 17.1 Å². The van der Waals surface area contributed by atoms with Crippen molar-refractivity contribution in [3.8, 4) is 0 Å². The molecular weight excluding hydrogens is 296 g/mol. The van der Waals surface area contributed by atoms with E-state index in [9.17, 15) is 4.79 Å². The molecule has 17 heavy (non-hydrogen) atoms. The Labute approximate surface area is 114 Å². The Balaban J connectivity index is 2.30. The molecule has 0 saturated heterocycles. The standard InChI is InChI=1S/C14H13BrOS/c1-3-10-4-6-11(7-5-10)13(16)12-8-9(2)14(15)17-12/h4-8H,3H2,1-2H3. The number of aryl methyl sites for hydroxylation is 2. The molecule has 0 atom stereocenters. The summed E-state index contributed by atoms with van der Waals surface area (Å²) < 4.78 is 1.03. The minimum absolute atomic E-state index is 0.103. The quantitative estimate of drug-likeness (QED) is 0.757. The number of hydrogen-bond acceptors (Lipinski definition) is 2. The smallest absolute Gasteiger partial charge is 0.202 e. The Bertz CT molecular complexity index is 520. The van der Waals surface area contributed by atoms with Gasteiger partial charge in [-0.15, -0.1) is 11.3 Å². The number of halogens is 1. The first-order valence-corrected chi connectivity index (χ1v) is 7.12. The number of rotatable bonds is 3. The van der Waals surface area contributed by atoms with Crippen molar-refractivity contribution in [2.24, 2.45) is 0 Å². The molecule has 1 aromatic heterocycles. The highest BCUT2D eigenvalue weighted by Gasteiger charge is 2.13. The Morgan fingerprint density at radius 2 is 1.94 bits per heavy atom. The number of thiophene rings is 1. The molecule has 0 bridgehead atoms. The van der Waals surface area contributed by atoms with Gasteiger partial charge >= 0.3 is 0 Å². The third-order valence-corrected chi connectivity index (χ3v) is 4.84. The van der Waals surface area contributed by atoms with Crippen LogP contribution in [0.4, 0.5) is 0 Å². The van der Waals surface area contributed by atoms with Crippen molar-refractivity contribution >= 4 is 33.0 Å². The van der Waals surface area contributed by atoms with Crippen molar-refractivity contribution in [2.75, 3.05) is 0 Å². The van der Waals surface area contributed by atoms with Crippen molar-refractivity contribution in [3.63, 3.8) is 0 Å². The van der Waals surface area contributed by atoms with Crippen molar-refractivity contribution < 1.29 is 4.79 Å². The molecule has 0 saturated carbocycles. The van der Waals surface area contributed by atoms with E-state index in [1.54, 1.807) is 0 Å². The van der Waals surface area contributed by atoms with Crippen molar-refractivity contribution in [3.05, 3.63) is 55.7 Å². The van der Waals surface area contributed by atoms with Gasteiger partial charge in [-0.1, -0.05) is 31.2 Å². The Kier molecular flexibility index (Phi) is 3.79. The average molecular weight is 309 g/mol. The maximum Gasteiger partial charge on any atom is 0.202 e. The molecule has 1 aromatic carbocycles. The Morgan fingerprint density at radius 1 is 1.29 bits per heavy atom. The van der Waals surface area contributed by atoms with E-state index in [1.165, 1.54) is 16.9 Å². The highest BCUT2D eigenvalue weighted by molar-refractivity contribution is 9.11. The number of benzene rings is 1. The van der Waals surface area contributed by atoms with Crippen molar-refractivity contribution in [1.82, 2.24) is 0 Å². The molecule has 2 aromatic rings. The molecule has 0 radical (unpaired) electrons. The van der Waals surface area contributed by atoms with Gasteiger partial charge in [0.15, 0.2) is 0 Å². The van der Waals surface area contributed by atoms with Gasteiger partial charge in [0.05, 0.1) is 8.66 Å². The second-order valence-corrected chi connectivity index (χ2v) is 6.32.